The molecule has 1 aliphatic carbocycles. The van der Waals surface area contributed by atoms with Crippen LogP contribution in [0.3, 0.4) is 0 Å². The lowest BCUT2D eigenvalue weighted by molar-refractivity contribution is 0.661. The van der Waals surface area contributed by atoms with Gasteiger partial charge in [0.05, 0.1) is 40.0 Å². The molecule has 12 aromatic rings. The molecule has 0 saturated carbocycles. The molecule has 4 aromatic heterocycles. The minimum Gasteiger partial charge on any atom is -0.292 e. The Balaban J connectivity index is 1.17. The first-order valence-electron chi connectivity index (χ1n) is 21.6. The molecule has 7 heteroatoms. The van der Waals surface area contributed by atoms with Gasteiger partial charge in [0.1, 0.15) is 33.1 Å². The second-order valence-corrected chi connectivity index (χ2v) is 17.1. The van der Waals surface area contributed by atoms with Crippen LogP contribution in [0.25, 0.3) is 117 Å². The quantitative estimate of drug-likeness (QED) is 0.161. The fourth-order valence-corrected chi connectivity index (χ4v) is 9.96. The molecule has 1 aliphatic rings. The van der Waals surface area contributed by atoms with E-state index in [9.17, 15) is 0 Å². The maximum atomic E-state index is 5.62. The monoisotopic (exact) mass is 819 g/mol. The molecule has 0 bridgehead atoms. The summed E-state index contributed by atoms with van der Waals surface area (Å²) in [4.78, 5) is 33.1. The van der Waals surface area contributed by atoms with Crippen molar-refractivity contribution >= 4 is 54.9 Å². The zero-order chi connectivity index (χ0) is 42.5. The number of fused-ring (bicyclic) bond motifs is 12. The summed E-state index contributed by atoms with van der Waals surface area (Å²) < 4.78 is 2.26. The number of rotatable bonds is 5. The van der Waals surface area contributed by atoms with Gasteiger partial charge < -0.3 is 0 Å². The van der Waals surface area contributed by atoms with Gasteiger partial charge in [-0.3, -0.25) is 4.57 Å². The van der Waals surface area contributed by atoms with Gasteiger partial charge in [-0.1, -0.05) is 178 Å². The number of aromatic nitrogens is 7. The van der Waals surface area contributed by atoms with Crippen molar-refractivity contribution in [2.45, 2.75) is 19.3 Å². The van der Waals surface area contributed by atoms with Crippen molar-refractivity contribution in [3.63, 3.8) is 0 Å². The van der Waals surface area contributed by atoms with E-state index in [4.69, 9.17) is 29.9 Å². The zero-order valence-corrected chi connectivity index (χ0v) is 35.0. The van der Waals surface area contributed by atoms with Gasteiger partial charge in [0, 0.05) is 38.4 Å². The standard InChI is InChI=1S/C57H37N7/c1-57(2)42-29-17-15-27-38(42)40-31-41-39-28-16-18-30-44(39)64(45(41)32-43(40)57)46-33-58-51-52(59-46)54-56(63-50(37-25-13-6-14-26-37)49(61-54)36-23-11-5-12-24-36)55-53(51)60-47(34-19-7-3-8-20-34)48(62-55)35-21-9-4-10-22-35/h3-33H,1-2H3. The number of benzene rings is 8. The predicted molar refractivity (Wildman–Crippen MR) is 259 cm³/mol. The molecule has 64 heavy (non-hydrogen) atoms. The number of nitrogens with zero attached hydrogens (tertiary/aromatic N) is 7. The van der Waals surface area contributed by atoms with Crippen LogP contribution in [0.15, 0.2) is 188 Å². The Kier molecular flexibility index (Phi) is 7.81. The fraction of sp³-hybridized carbons (Fsp3) is 0.0526. The molecule has 0 unspecified atom stereocenters. The molecule has 13 rings (SSSR count). The second kappa shape index (κ2) is 13.8. The molecule has 0 N–H and O–H groups in total. The third kappa shape index (κ3) is 5.34. The van der Waals surface area contributed by atoms with Gasteiger partial charge >= 0.3 is 0 Å². The summed E-state index contributed by atoms with van der Waals surface area (Å²) in [5.41, 5.74) is 17.6. The smallest absolute Gasteiger partial charge is 0.157 e. The van der Waals surface area contributed by atoms with Crippen LogP contribution in [-0.4, -0.2) is 34.5 Å². The Morgan fingerprint density at radius 1 is 0.359 bits per heavy atom. The Bertz CT molecular complexity index is 3850. The lowest BCUT2D eigenvalue weighted by Crippen LogP contribution is -2.15. The van der Waals surface area contributed by atoms with E-state index in [1.165, 1.54) is 22.3 Å². The Morgan fingerprint density at radius 2 is 0.797 bits per heavy atom. The van der Waals surface area contributed by atoms with Crippen molar-refractivity contribution < 1.29 is 0 Å². The molecule has 0 aliphatic heterocycles. The minimum absolute atomic E-state index is 0.181. The van der Waals surface area contributed by atoms with Crippen molar-refractivity contribution in [3.05, 3.63) is 199 Å². The fourth-order valence-electron chi connectivity index (χ4n) is 9.96. The molecule has 0 spiro atoms. The molecule has 4 heterocycles. The minimum atomic E-state index is -0.181. The highest BCUT2D eigenvalue weighted by Gasteiger charge is 2.36. The molecule has 0 amide bonds. The summed E-state index contributed by atoms with van der Waals surface area (Å²) in [6.07, 6.45) is 1.88. The SMILES string of the molecule is CC1(C)c2ccccc2-c2cc3c4ccccc4n(-c4cnc5c(n4)c4nc(-c6ccccc6)c(-c6ccccc6)nc4c4nc(-c6ccccc6)c(-c6ccccc6)nc54)c3cc21. The summed E-state index contributed by atoms with van der Waals surface area (Å²) in [6.45, 7) is 4.65. The molecular weight excluding hydrogens is 783 g/mol. The molecular formula is C57H37N7. The summed E-state index contributed by atoms with van der Waals surface area (Å²) in [5, 5.41) is 2.32. The molecule has 300 valence electrons. The van der Waals surface area contributed by atoms with Crippen molar-refractivity contribution in [2.24, 2.45) is 0 Å². The Labute approximate surface area is 368 Å². The largest absolute Gasteiger partial charge is 0.292 e. The molecule has 0 radical (unpaired) electrons. The maximum Gasteiger partial charge on any atom is 0.157 e. The first kappa shape index (κ1) is 36.3. The van der Waals surface area contributed by atoms with Crippen LogP contribution in [-0.2, 0) is 5.41 Å². The molecule has 7 nitrogen and oxygen atoms in total. The molecule has 0 atom stereocenters. The van der Waals surface area contributed by atoms with Crippen LogP contribution in [0.1, 0.15) is 25.0 Å². The van der Waals surface area contributed by atoms with E-state index in [0.717, 1.165) is 66.8 Å². The van der Waals surface area contributed by atoms with E-state index in [1.54, 1.807) is 0 Å². The van der Waals surface area contributed by atoms with Gasteiger partial charge in [-0.05, 0) is 40.5 Å². The zero-order valence-electron chi connectivity index (χ0n) is 35.0. The summed E-state index contributed by atoms with van der Waals surface area (Å²) >= 11 is 0. The lowest BCUT2D eigenvalue weighted by atomic mass is 9.82. The van der Waals surface area contributed by atoms with E-state index < -0.39 is 0 Å². The first-order chi connectivity index (χ1) is 31.5. The lowest BCUT2D eigenvalue weighted by Gasteiger charge is -2.21. The third-order valence-corrected chi connectivity index (χ3v) is 13.0. The van der Waals surface area contributed by atoms with E-state index in [-0.39, 0.29) is 5.41 Å². The van der Waals surface area contributed by atoms with Crippen molar-refractivity contribution in [3.8, 4) is 62.0 Å². The average molecular weight is 820 g/mol. The molecule has 8 aromatic carbocycles. The predicted octanol–water partition coefficient (Wildman–Crippen LogP) is 13.6. The number of hydrogen-bond acceptors (Lipinski definition) is 6. The van der Waals surface area contributed by atoms with E-state index in [2.05, 4.69) is 128 Å². The van der Waals surface area contributed by atoms with E-state index >= 15 is 0 Å². The van der Waals surface area contributed by atoms with Crippen LogP contribution >= 0.6 is 0 Å². The maximum absolute atomic E-state index is 5.62. The third-order valence-electron chi connectivity index (χ3n) is 13.0. The van der Waals surface area contributed by atoms with Gasteiger partial charge in [-0.2, -0.15) is 0 Å². The highest BCUT2D eigenvalue weighted by molar-refractivity contribution is 6.20. The van der Waals surface area contributed by atoms with Gasteiger partial charge in [0.25, 0.3) is 0 Å². The van der Waals surface area contributed by atoms with Crippen LogP contribution in [0.5, 0.6) is 0 Å². The Hall–Kier alpha value is -8.42. The van der Waals surface area contributed by atoms with E-state index in [1.807, 2.05) is 79.0 Å². The van der Waals surface area contributed by atoms with Crippen LogP contribution in [0.2, 0.25) is 0 Å². The molecule has 0 fully saturated rings. The molecule has 0 saturated heterocycles. The second-order valence-electron chi connectivity index (χ2n) is 17.1. The van der Waals surface area contributed by atoms with Crippen LogP contribution < -0.4 is 0 Å². The van der Waals surface area contributed by atoms with Gasteiger partial charge in [0.2, 0.25) is 0 Å². The highest BCUT2D eigenvalue weighted by Crippen LogP contribution is 2.51. The summed E-state index contributed by atoms with van der Waals surface area (Å²) in [5.74, 6) is 0.681. The van der Waals surface area contributed by atoms with Gasteiger partial charge in [0.15, 0.2) is 5.82 Å². The summed E-state index contributed by atoms with van der Waals surface area (Å²) in [6, 6.07) is 63.1. The average Bonchev–Trinajstić information content (AvgIpc) is 3.80. The normalized spacial score (nSPS) is 13.0. The van der Waals surface area contributed by atoms with Gasteiger partial charge in [-0.15, -0.1) is 0 Å². The number of para-hydroxylation sites is 1. The van der Waals surface area contributed by atoms with Gasteiger partial charge in [-0.25, -0.2) is 29.9 Å². The van der Waals surface area contributed by atoms with Crippen molar-refractivity contribution in [1.29, 1.82) is 0 Å². The summed E-state index contributed by atoms with van der Waals surface area (Å²) in [7, 11) is 0. The van der Waals surface area contributed by atoms with E-state index in [0.29, 0.717) is 38.9 Å². The topological polar surface area (TPSA) is 82.3 Å². The highest BCUT2D eigenvalue weighted by atomic mass is 15.1. The van der Waals surface area contributed by atoms with Crippen LogP contribution in [0, 0.1) is 0 Å². The number of hydrogen-bond donors (Lipinski definition) is 0. The van der Waals surface area contributed by atoms with Crippen molar-refractivity contribution in [1.82, 2.24) is 34.5 Å². The van der Waals surface area contributed by atoms with Crippen molar-refractivity contribution in [2.75, 3.05) is 0 Å². The first-order valence-corrected chi connectivity index (χ1v) is 21.6. The Morgan fingerprint density at radius 3 is 1.33 bits per heavy atom. The van der Waals surface area contributed by atoms with Crippen LogP contribution in [0.4, 0.5) is 0 Å².